The molecule has 1 aliphatic heterocycles. The van der Waals surface area contributed by atoms with Crippen molar-refractivity contribution >= 4 is 45.4 Å². The third kappa shape index (κ3) is 5.47. The van der Waals surface area contributed by atoms with Crippen molar-refractivity contribution in [2.24, 2.45) is 5.92 Å². The Morgan fingerprint density at radius 1 is 1.06 bits per heavy atom. The monoisotopic (exact) mass is 472 g/mol. The number of likely N-dealkylation sites (tertiary alicyclic amines) is 1. The molecule has 33 heavy (non-hydrogen) atoms. The van der Waals surface area contributed by atoms with E-state index in [1.54, 1.807) is 17.0 Å². The number of benzene rings is 2. The predicted octanol–water partition coefficient (Wildman–Crippen LogP) is 4.19. The van der Waals surface area contributed by atoms with Crippen LogP contribution in [-0.4, -0.2) is 50.4 Å². The van der Waals surface area contributed by atoms with Crippen LogP contribution in [0.2, 0.25) is 0 Å². The lowest BCUT2D eigenvalue weighted by atomic mass is 10.0. The van der Waals surface area contributed by atoms with Gasteiger partial charge in [0.2, 0.25) is 5.91 Å². The number of rotatable bonds is 5. The number of nitrogens with zero attached hydrogens (tertiary/aromatic N) is 2. The van der Waals surface area contributed by atoms with Gasteiger partial charge < -0.3 is 19.5 Å². The number of amides is 2. The normalized spacial score (nSPS) is 18.1. The van der Waals surface area contributed by atoms with Crippen molar-refractivity contribution in [1.82, 2.24) is 4.90 Å². The SMILES string of the molecule is CC(C)(C)OC(=O)N1CCC(N(c2ccc(NC(=O)C3CC3)c3ccccc23)S(=O)[O-])CC1. The van der Waals surface area contributed by atoms with Gasteiger partial charge in [-0.3, -0.25) is 13.3 Å². The molecule has 2 fully saturated rings. The number of nitrogens with one attached hydrogen (secondary N) is 1. The van der Waals surface area contributed by atoms with Crippen molar-refractivity contribution in [2.45, 2.75) is 58.1 Å². The number of ether oxygens (including phenoxy) is 1. The maximum absolute atomic E-state index is 12.4. The van der Waals surface area contributed by atoms with Crippen LogP contribution in [-0.2, 0) is 20.8 Å². The van der Waals surface area contributed by atoms with Crippen molar-refractivity contribution in [3.63, 3.8) is 0 Å². The van der Waals surface area contributed by atoms with Gasteiger partial charge in [0.25, 0.3) is 0 Å². The lowest BCUT2D eigenvalue weighted by Crippen LogP contribution is -2.48. The van der Waals surface area contributed by atoms with Gasteiger partial charge in [-0.15, -0.1) is 0 Å². The fourth-order valence-corrected chi connectivity index (χ4v) is 4.95. The average Bonchev–Trinajstić information content (AvgIpc) is 3.60. The van der Waals surface area contributed by atoms with Gasteiger partial charge >= 0.3 is 6.09 Å². The maximum Gasteiger partial charge on any atom is 0.410 e. The van der Waals surface area contributed by atoms with E-state index in [0.29, 0.717) is 37.3 Å². The fraction of sp³-hybridized carbons (Fsp3) is 0.500. The van der Waals surface area contributed by atoms with Gasteiger partial charge in [0, 0.05) is 52.8 Å². The molecule has 2 amide bonds. The standard InChI is InChI=1S/C24H31N3O5S/c1-24(2,3)32-23(29)26-14-12-17(13-15-26)27(33(30)31)21-11-10-20(25-22(28)16-8-9-16)18-6-4-5-7-19(18)21/h4-7,10-11,16-17H,8-9,12-15H2,1-3H3,(H,25,28)(H,30,31)/p-1. The first-order valence-electron chi connectivity index (χ1n) is 11.3. The fourth-order valence-electron chi connectivity index (χ4n) is 4.17. The molecule has 1 heterocycles. The number of fused-ring (bicyclic) bond motifs is 1. The molecule has 0 aromatic heterocycles. The van der Waals surface area contributed by atoms with E-state index in [2.05, 4.69) is 5.32 Å². The van der Waals surface area contributed by atoms with Crippen molar-refractivity contribution in [1.29, 1.82) is 0 Å². The molecule has 178 valence electrons. The molecule has 0 spiro atoms. The van der Waals surface area contributed by atoms with Crippen molar-refractivity contribution in [2.75, 3.05) is 22.7 Å². The van der Waals surface area contributed by atoms with Gasteiger partial charge in [0.15, 0.2) is 0 Å². The molecule has 1 atom stereocenters. The van der Waals surface area contributed by atoms with Crippen LogP contribution in [0.4, 0.5) is 16.2 Å². The molecular weight excluding hydrogens is 442 g/mol. The Balaban J connectivity index is 1.56. The number of anilines is 2. The second kappa shape index (κ2) is 9.30. The van der Waals surface area contributed by atoms with Gasteiger partial charge in [0.1, 0.15) is 5.60 Å². The van der Waals surface area contributed by atoms with Crippen LogP contribution in [0.5, 0.6) is 0 Å². The van der Waals surface area contributed by atoms with E-state index in [1.165, 1.54) is 4.31 Å². The molecule has 1 saturated carbocycles. The zero-order valence-electron chi connectivity index (χ0n) is 19.2. The van der Waals surface area contributed by atoms with E-state index in [4.69, 9.17) is 4.74 Å². The predicted molar refractivity (Wildman–Crippen MR) is 128 cm³/mol. The molecule has 2 aromatic carbocycles. The molecule has 1 N–H and O–H groups in total. The summed E-state index contributed by atoms with van der Waals surface area (Å²) in [7, 11) is 0. The lowest BCUT2D eigenvalue weighted by Gasteiger charge is -2.40. The van der Waals surface area contributed by atoms with Crippen LogP contribution in [0.25, 0.3) is 10.8 Å². The summed E-state index contributed by atoms with van der Waals surface area (Å²) in [6.07, 6.45) is 2.44. The summed E-state index contributed by atoms with van der Waals surface area (Å²) in [6, 6.07) is 10.7. The Morgan fingerprint density at radius 2 is 1.70 bits per heavy atom. The quantitative estimate of drug-likeness (QED) is 0.658. The van der Waals surface area contributed by atoms with Crippen LogP contribution in [0.3, 0.4) is 0 Å². The highest BCUT2D eigenvalue weighted by Gasteiger charge is 2.32. The summed E-state index contributed by atoms with van der Waals surface area (Å²) >= 11 is -2.50. The van der Waals surface area contributed by atoms with Crippen molar-refractivity contribution < 1.29 is 23.1 Å². The molecule has 0 radical (unpaired) electrons. The number of carbonyl (C=O) groups excluding carboxylic acids is 2. The number of piperidine rings is 1. The van der Waals surface area contributed by atoms with Crippen molar-refractivity contribution in [3.05, 3.63) is 36.4 Å². The van der Waals surface area contributed by atoms with Gasteiger partial charge in [0.05, 0.1) is 5.69 Å². The molecule has 4 rings (SSSR count). The highest BCUT2D eigenvalue weighted by atomic mass is 32.2. The van der Waals surface area contributed by atoms with E-state index >= 15 is 0 Å². The van der Waals surface area contributed by atoms with Gasteiger partial charge in [-0.1, -0.05) is 24.3 Å². The first-order valence-corrected chi connectivity index (χ1v) is 12.4. The number of hydrogen-bond acceptors (Lipinski definition) is 5. The summed E-state index contributed by atoms with van der Waals surface area (Å²) in [5, 5.41) is 4.54. The Kier molecular flexibility index (Phi) is 6.63. The lowest BCUT2D eigenvalue weighted by molar-refractivity contribution is -0.117. The first-order chi connectivity index (χ1) is 15.6. The highest BCUT2D eigenvalue weighted by Crippen LogP contribution is 2.37. The topological polar surface area (TPSA) is 102 Å². The second-order valence-corrected chi connectivity index (χ2v) is 10.5. The largest absolute Gasteiger partial charge is 0.755 e. The van der Waals surface area contributed by atoms with E-state index in [-0.39, 0.29) is 24.0 Å². The van der Waals surface area contributed by atoms with E-state index < -0.39 is 16.9 Å². The third-order valence-electron chi connectivity index (χ3n) is 5.95. The Morgan fingerprint density at radius 3 is 2.27 bits per heavy atom. The first kappa shape index (κ1) is 23.5. The van der Waals surface area contributed by atoms with Crippen LogP contribution in [0.1, 0.15) is 46.5 Å². The number of carbonyl (C=O) groups is 2. The maximum atomic E-state index is 12.4. The van der Waals surface area contributed by atoms with Crippen LogP contribution in [0, 0.1) is 5.92 Å². The smallest absolute Gasteiger partial charge is 0.410 e. The third-order valence-corrected chi connectivity index (χ3v) is 6.77. The summed E-state index contributed by atoms with van der Waals surface area (Å²) < 4.78 is 31.6. The van der Waals surface area contributed by atoms with Gasteiger partial charge in [-0.2, -0.15) is 0 Å². The molecule has 1 saturated heterocycles. The summed E-state index contributed by atoms with van der Waals surface area (Å²) in [5.74, 6) is 0.0796. The summed E-state index contributed by atoms with van der Waals surface area (Å²) in [5.41, 5.74) is 0.674. The Bertz CT molecular complexity index is 1070. The zero-order chi connectivity index (χ0) is 23.8. The van der Waals surface area contributed by atoms with Crippen molar-refractivity contribution in [3.8, 4) is 0 Å². The molecular formula is C24H30N3O5S-. The zero-order valence-corrected chi connectivity index (χ0v) is 20.0. The molecule has 1 aliphatic carbocycles. The minimum absolute atomic E-state index is 0.00618. The van der Waals surface area contributed by atoms with Gasteiger partial charge in [-0.25, -0.2) is 4.79 Å². The number of hydrogen-bond donors (Lipinski definition) is 1. The molecule has 9 heteroatoms. The molecule has 2 aliphatic rings. The minimum atomic E-state index is -2.50. The molecule has 1 unspecified atom stereocenters. The van der Waals surface area contributed by atoms with E-state index in [1.807, 2.05) is 45.0 Å². The highest BCUT2D eigenvalue weighted by molar-refractivity contribution is 7.80. The van der Waals surface area contributed by atoms with E-state index in [9.17, 15) is 18.4 Å². The van der Waals surface area contributed by atoms with Gasteiger partial charge in [-0.05, 0) is 58.6 Å². The summed E-state index contributed by atoms with van der Waals surface area (Å²) in [6.45, 7) is 6.30. The van der Waals surface area contributed by atoms with Crippen LogP contribution in [0.15, 0.2) is 36.4 Å². The summed E-state index contributed by atoms with van der Waals surface area (Å²) in [4.78, 5) is 26.3. The molecule has 2 aromatic rings. The second-order valence-electron chi connectivity index (χ2n) is 9.68. The van der Waals surface area contributed by atoms with Crippen LogP contribution < -0.4 is 9.62 Å². The van der Waals surface area contributed by atoms with E-state index in [0.717, 1.165) is 23.6 Å². The minimum Gasteiger partial charge on any atom is -0.755 e. The Labute approximate surface area is 196 Å². The average molecular weight is 473 g/mol. The van der Waals surface area contributed by atoms with Crippen LogP contribution >= 0.6 is 0 Å². The molecule has 8 nitrogen and oxygen atoms in total. The Hall–Kier alpha value is -2.65. The molecule has 0 bridgehead atoms.